The van der Waals surface area contributed by atoms with Gasteiger partial charge in [-0.15, -0.1) is 0 Å². The van der Waals surface area contributed by atoms with Crippen LogP contribution in [0.1, 0.15) is 82.3 Å². The standard InChI is InChI=1S/C34H46N4O2/c1-33(2,3)28-21-24(22-29(31(28)39)34(4,5)6)14-15-25-11-7-8-13-30(25)37-32(40)36-26-16-19-38(20-17-26)23-27-12-9-10-18-35-27/h7-13,18,21-22,26,39H,14-17,19-20,23H2,1-6H3,(H2,36,37,40). The van der Waals surface area contributed by atoms with Crippen LogP contribution in [0, 0.1) is 0 Å². The van der Waals surface area contributed by atoms with Gasteiger partial charge in [-0.25, -0.2) is 4.79 Å². The zero-order chi connectivity index (χ0) is 28.9. The maximum absolute atomic E-state index is 13.0. The second-order valence-electron chi connectivity index (χ2n) is 13.2. The summed E-state index contributed by atoms with van der Waals surface area (Å²) in [7, 11) is 0. The van der Waals surface area contributed by atoms with Crippen molar-refractivity contribution in [3.63, 3.8) is 0 Å². The molecule has 2 amide bonds. The molecule has 214 valence electrons. The number of phenols is 1. The molecule has 1 aliphatic heterocycles. The number of likely N-dealkylation sites (tertiary alicyclic amines) is 1. The Hall–Kier alpha value is -3.38. The van der Waals surface area contributed by atoms with Crippen molar-refractivity contribution in [2.75, 3.05) is 18.4 Å². The molecule has 0 aliphatic carbocycles. The van der Waals surface area contributed by atoms with Crippen molar-refractivity contribution in [3.8, 4) is 5.75 Å². The number of anilines is 1. The minimum Gasteiger partial charge on any atom is -0.507 e. The molecular formula is C34H46N4O2. The number of aryl methyl sites for hydroxylation is 2. The zero-order valence-electron chi connectivity index (χ0n) is 25.1. The predicted molar refractivity (Wildman–Crippen MR) is 164 cm³/mol. The van der Waals surface area contributed by atoms with Gasteiger partial charge in [-0.3, -0.25) is 9.88 Å². The van der Waals surface area contributed by atoms with Gasteiger partial charge in [0.1, 0.15) is 5.75 Å². The van der Waals surface area contributed by atoms with Crippen LogP contribution in [0.15, 0.2) is 60.8 Å². The van der Waals surface area contributed by atoms with Gasteiger partial charge in [-0.1, -0.05) is 77.9 Å². The highest BCUT2D eigenvalue weighted by Gasteiger charge is 2.26. The van der Waals surface area contributed by atoms with E-state index in [1.165, 1.54) is 5.56 Å². The van der Waals surface area contributed by atoms with E-state index in [0.717, 1.165) is 73.4 Å². The summed E-state index contributed by atoms with van der Waals surface area (Å²) in [6, 6.07) is 18.4. The van der Waals surface area contributed by atoms with Crippen molar-refractivity contribution in [2.45, 2.75) is 90.6 Å². The zero-order valence-corrected chi connectivity index (χ0v) is 25.1. The molecule has 1 aliphatic rings. The molecule has 0 bridgehead atoms. The van der Waals surface area contributed by atoms with Gasteiger partial charge in [0, 0.05) is 37.6 Å². The van der Waals surface area contributed by atoms with Crippen LogP contribution in [0.2, 0.25) is 0 Å². The predicted octanol–water partition coefficient (Wildman–Crippen LogP) is 6.95. The lowest BCUT2D eigenvalue weighted by molar-refractivity contribution is 0.188. The van der Waals surface area contributed by atoms with E-state index >= 15 is 0 Å². The Kier molecular flexibility index (Phi) is 9.19. The molecule has 40 heavy (non-hydrogen) atoms. The smallest absolute Gasteiger partial charge is 0.319 e. The van der Waals surface area contributed by atoms with E-state index in [-0.39, 0.29) is 22.9 Å². The van der Waals surface area contributed by atoms with Gasteiger partial charge in [0.2, 0.25) is 0 Å². The van der Waals surface area contributed by atoms with Crippen LogP contribution in [0.25, 0.3) is 0 Å². The highest BCUT2D eigenvalue weighted by molar-refractivity contribution is 5.90. The third-order valence-electron chi connectivity index (χ3n) is 7.77. The minimum absolute atomic E-state index is 0.148. The maximum atomic E-state index is 13.0. The second-order valence-corrected chi connectivity index (χ2v) is 13.2. The Labute approximate surface area is 240 Å². The Morgan fingerprint density at radius 1 is 0.925 bits per heavy atom. The summed E-state index contributed by atoms with van der Waals surface area (Å²) < 4.78 is 0. The monoisotopic (exact) mass is 542 g/mol. The molecule has 1 saturated heterocycles. The molecule has 1 fully saturated rings. The van der Waals surface area contributed by atoms with E-state index in [1.54, 1.807) is 0 Å². The van der Waals surface area contributed by atoms with Gasteiger partial charge < -0.3 is 15.7 Å². The normalized spacial score (nSPS) is 15.2. The molecule has 0 atom stereocenters. The lowest BCUT2D eigenvalue weighted by Gasteiger charge is -2.32. The quantitative estimate of drug-likeness (QED) is 0.302. The summed E-state index contributed by atoms with van der Waals surface area (Å²) in [6.45, 7) is 15.6. The van der Waals surface area contributed by atoms with Gasteiger partial charge in [0.25, 0.3) is 0 Å². The summed E-state index contributed by atoms with van der Waals surface area (Å²) in [5.74, 6) is 0.407. The number of para-hydroxylation sites is 1. The number of hydrogen-bond donors (Lipinski definition) is 3. The summed E-state index contributed by atoms with van der Waals surface area (Å²) >= 11 is 0. The van der Waals surface area contributed by atoms with Gasteiger partial charge in [0.15, 0.2) is 0 Å². The summed E-state index contributed by atoms with van der Waals surface area (Å²) in [5.41, 5.74) is 5.87. The Bertz CT molecular complexity index is 1250. The first-order valence-corrected chi connectivity index (χ1v) is 14.5. The number of carbonyl (C=O) groups excluding carboxylic acids is 1. The van der Waals surface area contributed by atoms with E-state index in [0.29, 0.717) is 5.75 Å². The van der Waals surface area contributed by atoms with E-state index in [1.807, 2.05) is 36.5 Å². The topological polar surface area (TPSA) is 77.5 Å². The number of urea groups is 1. The van der Waals surface area contributed by atoms with E-state index in [9.17, 15) is 9.90 Å². The molecule has 0 spiro atoms. The number of hydrogen-bond acceptors (Lipinski definition) is 4. The molecule has 0 unspecified atom stereocenters. The minimum atomic E-state index is -0.160. The van der Waals surface area contributed by atoms with E-state index < -0.39 is 0 Å². The van der Waals surface area contributed by atoms with Crippen molar-refractivity contribution >= 4 is 11.7 Å². The molecular weight excluding hydrogens is 496 g/mol. The van der Waals surface area contributed by atoms with Crippen LogP contribution in [-0.4, -0.2) is 40.2 Å². The molecule has 6 heteroatoms. The van der Waals surface area contributed by atoms with Crippen molar-refractivity contribution in [1.29, 1.82) is 0 Å². The second kappa shape index (κ2) is 12.4. The Morgan fingerprint density at radius 3 is 2.15 bits per heavy atom. The number of amides is 2. The van der Waals surface area contributed by atoms with Crippen LogP contribution in [0.5, 0.6) is 5.75 Å². The number of carbonyl (C=O) groups is 1. The van der Waals surface area contributed by atoms with Crippen molar-refractivity contribution in [3.05, 3.63) is 88.7 Å². The number of aromatic nitrogens is 1. The highest BCUT2D eigenvalue weighted by atomic mass is 16.3. The number of phenolic OH excluding ortho intramolecular Hbond substituents is 1. The summed E-state index contributed by atoms with van der Waals surface area (Å²) in [5, 5.41) is 17.4. The average Bonchev–Trinajstić information content (AvgIpc) is 2.89. The number of rotatable bonds is 7. The van der Waals surface area contributed by atoms with Crippen molar-refractivity contribution in [2.24, 2.45) is 0 Å². The van der Waals surface area contributed by atoms with Crippen LogP contribution < -0.4 is 10.6 Å². The number of piperidine rings is 1. The lowest BCUT2D eigenvalue weighted by atomic mass is 9.78. The number of nitrogens with zero attached hydrogens (tertiary/aromatic N) is 2. The molecule has 1 aromatic heterocycles. The van der Waals surface area contributed by atoms with E-state index in [4.69, 9.17) is 0 Å². The van der Waals surface area contributed by atoms with Crippen LogP contribution in [0.3, 0.4) is 0 Å². The number of aromatic hydroxyl groups is 1. The maximum Gasteiger partial charge on any atom is 0.319 e. The highest BCUT2D eigenvalue weighted by Crippen LogP contribution is 2.40. The molecule has 2 heterocycles. The molecule has 3 aromatic rings. The van der Waals surface area contributed by atoms with Gasteiger partial charge >= 0.3 is 6.03 Å². The van der Waals surface area contributed by atoms with Crippen LogP contribution in [-0.2, 0) is 30.2 Å². The van der Waals surface area contributed by atoms with E-state index in [2.05, 4.69) is 86.3 Å². The van der Waals surface area contributed by atoms with Crippen LogP contribution in [0.4, 0.5) is 10.5 Å². The third-order valence-corrected chi connectivity index (χ3v) is 7.77. The SMILES string of the molecule is CC(C)(C)c1cc(CCc2ccccc2NC(=O)NC2CCN(Cc3ccccn3)CC2)cc(C(C)(C)C)c1O. The molecule has 3 N–H and O–H groups in total. The molecule has 0 saturated carbocycles. The first-order valence-electron chi connectivity index (χ1n) is 14.5. The molecule has 4 rings (SSSR count). The van der Waals surface area contributed by atoms with Crippen molar-refractivity contribution in [1.82, 2.24) is 15.2 Å². The van der Waals surface area contributed by atoms with Gasteiger partial charge in [-0.2, -0.15) is 0 Å². The molecule has 6 nitrogen and oxygen atoms in total. The summed E-state index contributed by atoms with van der Waals surface area (Å²) in [4.78, 5) is 19.8. The van der Waals surface area contributed by atoms with Crippen LogP contribution >= 0.6 is 0 Å². The molecule has 0 radical (unpaired) electrons. The first kappa shape index (κ1) is 29.6. The lowest BCUT2D eigenvalue weighted by Crippen LogP contribution is -2.45. The fraction of sp³-hybridized carbons (Fsp3) is 0.471. The fourth-order valence-corrected chi connectivity index (χ4v) is 5.42. The number of benzene rings is 2. The third kappa shape index (κ3) is 7.85. The number of nitrogens with one attached hydrogen (secondary N) is 2. The fourth-order valence-electron chi connectivity index (χ4n) is 5.42. The number of pyridine rings is 1. The van der Waals surface area contributed by atoms with Crippen molar-refractivity contribution < 1.29 is 9.90 Å². The summed E-state index contributed by atoms with van der Waals surface area (Å²) in [6.07, 6.45) is 5.30. The van der Waals surface area contributed by atoms with Gasteiger partial charge in [-0.05, 0) is 77.0 Å². The Balaban J connectivity index is 1.36. The van der Waals surface area contributed by atoms with Gasteiger partial charge in [0.05, 0.1) is 5.69 Å². The average molecular weight is 543 g/mol. The first-order chi connectivity index (χ1) is 18.9. The molecule has 2 aromatic carbocycles. The Morgan fingerprint density at radius 2 is 1.55 bits per heavy atom. The largest absolute Gasteiger partial charge is 0.507 e.